The Labute approximate surface area is 215 Å². The van der Waals surface area contributed by atoms with Crippen molar-refractivity contribution in [1.82, 2.24) is 0 Å². The number of esters is 1. The monoisotopic (exact) mass is 563 g/mol. The number of benzene rings is 2. The maximum absolute atomic E-state index is 14.3. The molecule has 7 nitrogen and oxygen atoms in total. The highest BCUT2D eigenvalue weighted by Gasteiger charge is 2.75. The van der Waals surface area contributed by atoms with E-state index in [0.717, 1.165) is 49.8 Å². The van der Waals surface area contributed by atoms with E-state index in [0.29, 0.717) is 12.1 Å². The van der Waals surface area contributed by atoms with Crippen molar-refractivity contribution in [3.8, 4) is 17.2 Å². The molecular formula is C24H19F6NO6S. The lowest BCUT2D eigenvalue weighted by Gasteiger charge is -2.37. The standard InChI is InChI=1S/C24H19F6NO6S/c1-34-15-11-16(35-2)19(17(12-15)36-3)21(33)37-22(23(25,26)27,24(28,29)30)13-6-8-14(9-7-13)31-20(32)18-5-4-10-38-18/h4-12H,1-3H3,(H,31,32). The number of rotatable bonds is 8. The number of anilines is 1. The van der Waals surface area contributed by atoms with Gasteiger partial charge in [-0.2, -0.15) is 26.3 Å². The van der Waals surface area contributed by atoms with Crippen molar-refractivity contribution in [2.24, 2.45) is 0 Å². The lowest BCUT2D eigenvalue weighted by Crippen LogP contribution is -2.56. The van der Waals surface area contributed by atoms with Crippen LogP contribution in [0.1, 0.15) is 25.6 Å². The summed E-state index contributed by atoms with van der Waals surface area (Å²) in [5.74, 6) is -3.48. The van der Waals surface area contributed by atoms with Gasteiger partial charge in [-0.15, -0.1) is 11.3 Å². The minimum atomic E-state index is -6.16. The number of methoxy groups -OCH3 is 3. The molecule has 0 bridgehead atoms. The summed E-state index contributed by atoms with van der Waals surface area (Å²) in [5, 5.41) is 3.98. The second-order valence-electron chi connectivity index (χ2n) is 7.48. The van der Waals surface area contributed by atoms with Crippen LogP contribution in [0.4, 0.5) is 32.0 Å². The molecule has 0 saturated carbocycles. The summed E-state index contributed by atoms with van der Waals surface area (Å²) in [7, 11) is 3.31. The van der Waals surface area contributed by atoms with Gasteiger partial charge in [0, 0.05) is 23.4 Å². The van der Waals surface area contributed by atoms with Crippen LogP contribution < -0.4 is 19.5 Å². The summed E-state index contributed by atoms with van der Waals surface area (Å²) >= 11 is 1.08. The van der Waals surface area contributed by atoms with Gasteiger partial charge in [0.15, 0.2) is 0 Å². The summed E-state index contributed by atoms with van der Waals surface area (Å²) in [5.41, 5.74) is -7.45. The number of halogens is 6. The van der Waals surface area contributed by atoms with Crippen molar-refractivity contribution >= 4 is 28.9 Å². The van der Waals surface area contributed by atoms with Crippen molar-refractivity contribution in [3.63, 3.8) is 0 Å². The molecule has 0 unspecified atom stereocenters. The van der Waals surface area contributed by atoms with E-state index >= 15 is 0 Å². The Kier molecular flexibility index (Phi) is 8.15. The van der Waals surface area contributed by atoms with Crippen LogP contribution in [0.5, 0.6) is 17.2 Å². The average Bonchev–Trinajstić information content (AvgIpc) is 3.40. The van der Waals surface area contributed by atoms with E-state index in [1.807, 2.05) is 0 Å². The van der Waals surface area contributed by atoms with E-state index in [1.165, 1.54) is 13.2 Å². The van der Waals surface area contributed by atoms with Crippen LogP contribution >= 0.6 is 11.3 Å². The van der Waals surface area contributed by atoms with E-state index in [1.54, 1.807) is 11.4 Å². The Balaban J connectivity index is 2.09. The zero-order valence-electron chi connectivity index (χ0n) is 19.8. The maximum Gasteiger partial charge on any atom is 0.442 e. The lowest BCUT2D eigenvalue weighted by molar-refractivity contribution is -0.373. The van der Waals surface area contributed by atoms with Crippen LogP contribution in [-0.2, 0) is 10.3 Å². The van der Waals surface area contributed by atoms with Crippen molar-refractivity contribution in [2.45, 2.75) is 18.0 Å². The fourth-order valence-electron chi connectivity index (χ4n) is 3.45. The van der Waals surface area contributed by atoms with Gasteiger partial charge in [-0.25, -0.2) is 4.79 Å². The van der Waals surface area contributed by atoms with Crippen LogP contribution in [0.15, 0.2) is 53.9 Å². The van der Waals surface area contributed by atoms with Gasteiger partial charge in [0.05, 0.1) is 26.2 Å². The predicted octanol–water partition coefficient (Wildman–Crippen LogP) is 6.20. The third-order valence-corrected chi connectivity index (χ3v) is 6.13. The van der Waals surface area contributed by atoms with Crippen LogP contribution in [0.3, 0.4) is 0 Å². The van der Waals surface area contributed by atoms with Crippen molar-refractivity contribution in [2.75, 3.05) is 26.6 Å². The largest absolute Gasteiger partial charge is 0.496 e. The first kappa shape index (κ1) is 28.6. The summed E-state index contributed by atoms with van der Waals surface area (Å²) in [4.78, 5) is 25.4. The molecule has 0 aliphatic rings. The molecule has 1 heterocycles. The quantitative estimate of drug-likeness (QED) is 0.260. The normalized spacial score (nSPS) is 12.0. The molecule has 0 spiro atoms. The van der Waals surface area contributed by atoms with Crippen LogP contribution in [0.25, 0.3) is 0 Å². The summed E-state index contributed by atoms with van der Waals surface area (Å²) < 4.78 is 105. The van der Waals surface area contributed by atoms with Gasteiger partial charge in [-0.1, -0.05) is 18.2 Å². The van der Waals surface area contributed by atoms with Crippen molar-refractivity contribution < 1.29 is 54.9 Å². The first-order chi connectivity index (χ1) is 17.8. The van der Waals surface area contributed by atoms with Gasteiger partial charge in [0.1, 0.15) is 22.8 Å². The molecule has 3 aromatic rings. The third-order valence-electron chi connectivity index (χ3n) is 5.26. The first-order valence-corrected chi connectivity index (χ1v) is 11.3. The zero-order valence-corrected chi connectivity index (χ0v) is 20.6. The Bertz CT molecular complexity index is 1250. The summed E-state index contributed by atoms with van der Waals surface area (Å²) in [6.07, 6.45) is -12.3. The second kappa shape index (κ2) is 10.8. The molecule has 0 saturated heterocycles. The molecule has 1 aromatic heterocycles. The maximum atomic E-state index is 14.3. The van der Waals surface area contributed by atoms with Gasteiger partial charge in [-0.3, -0.25) is 4.79 Å². The van der Waals surface area contributed by atoms with E-state index < -0.39 is 52.5 Å². The Hall–Kier alpha value is -3.94. The van der Waals surface area contributed by atoms with Crippen LogP contribution in [0.2, 0.25) is 0 Å². The molecule has 14 heteroatoms. The number of nitrogens with one attached hydrogen (secondary N) is 1. The molecule has 2 aromatic carbocycles. The van der Waals surface area contributed by atoms with Crippen molar-refractivity contribution in [1.29, 1.82) is 0 Å². The smallest absolute Gasteiger partial charge is 0.442 e. The van der Waals surface area contributed by atoms with E-state index in [-0.39, 0.29) is 16.3 Å². The Morgan fingerprint density at radius 1 is 0.816 bits per heavy atom. The van der Waals surface area contributed by atoms with Gasteiger partial charge in [0.25, 0.3) is 5.91 Å². The SMILES string of the molecule is COc1cc(OC)c(C(=O)OC(c2ccc(NC(=O)c3cccs3)cc2)(C(F)(F)F)C(F)(F)F)c(OC)c1. The lowest BCUT2D eigenvalue weighted by atomic mass is 9.91. The molecule has 0 atom stereocenters. The number of hydrogen-bond donors (Lipinski definition) is 1. The topological polar surface area (TPSA) is 83.1 Å². The van der Waals surface area contributed by atoms with E-state index in [2.05, 4.69) is 10.1 Å². The number of amides is 1. The zero-order chi connectivity index (χ0) is 28.3. The number of alkyl halides is 6. The third kappa shape index (κ3) is 5.35. The van der Waals surface area contributed by atoms with Gasteiger partial charge >= 0.3 is 23.9 Å². The number of hydrogen-bond acceptors (Lipinski definition) is 7. The minimum Gasteiger partial charge on any atom is -0.496 e. The van der Waals surface area contributed by atoms with E-state index in [4.69, 9.17) is 14.2 Å². The highest BCUT2D eigenvalue weighted by Crippen LogP contribution is 2.54. The van der Waals surface area contributed by atoms with Gasteiger partial charge < -0.3 is 24.3 Å². The second-order valence-corrected chi connectivity index (χ2v) is 8.43. The number of carbonyl (C=O) groups is 2. The highest BCUT2D eigenvalue weighted by molar-refractivity contribution is 7.12. The molecule has 0 aliphatic heterocycles. The predicted molar refractivity (Wildman–Crippen MR) is 124 cm³/mol. The van der Waals surface area contributed by atoms with Crippen LogP contribution in [0, 0.1) is 0 Å². The molecule has 204 valence electrons. The fraction of sp³-hybridized carbons (Fsp3) is 0.250. The molecule has 0 fully saturated rings. The molecule has 38 heavy (non-hydrogen) atoms. The number of thiophene rings is 1. The van der Waals surface area contributed by atoms with Crippen LogP contribution in [-0.4, -0.2) is 45.6 Å². The highest BCUT2D eigenvalue weighted by atomic mass is 32.1. The average molecular weight is 563 g/mol. The van der Waals surface area contributed by atoms with E-state index in [9.17, 15) is 35.9 Å². The molecule has 0 aliphatic carbocycles. The molecule has 0 radical (unpaired) electrons. The Morgan fingerprint density at radius 3 is 1.79 bits per heavy atom. The summed E-state index contributed by atoms with van der Waals surface area (Å²) in [6.45, 7) is 0. The first-order valence-electron chi connectivity index (χ1n) is 10.4. The fourth-order valence-corrected chi connectivity index (χ4v) is 4.07. The Morgan fingerprint density at radius 2 is 1.37 bits per heavy atom. The molecule has 1 amide bonds. The molecule has 3 rings (SSSR count). The van der Waals surface area contributed by atoms with Crippen molar-refractivity contribution in [3.05, 3.63) is 69.9 Å². The van der Waals surface area contributed by atoms with Gasteiger partial charge in [0.2, 0.25) is 0 Å². The van der Waals surface area contributed by atoms with Gasteiger partial charge in [-0.05, 0) is 23.6 Å². The molecule has 1 N–H and O–H groups in total. The summed E-state index contributed by atoms with van der Waals surface area (Å²) in [6, 6.07) is 7.77. The number of carbonyl (C=O) groups excluding carboxylic acids is 2. The molecular weight excluding hydrogens is 544 g/mol. The minimum absolute atomic E-state index is 0.0494. The number of ether oxygens (including phenoxy) is 4.